The van der Waals surface area contributed by atoms with Gasteiger partial charge in [0, 0.05) is 18.6 Å². The molecule has 3 atom stereocenters. The van der Waals surface area contributed by atoms with Gasteiger partial charge in [-0.15, -0.1) is 0 Å². The van der Waals surface area contributed by atoms with Crippen molar-refractivity contribution in [1.82, 2.24) is 15.1 Å². The van der Waals surface area contributed by atoms with Gasteiger partial charge in [0.25, 0.3) is 0 Å². The molecule has 7 nitrogen and oxygen atoms in total. The number of morpholine rings is 1. The number of hydrogen-bond acceptors (Lipinski definition) is 4. The minimum atomic E-state index is -0.702. The molecule has 2 rings (SSSR count). The summed E-state index contributed by atoms with van der Waals surface area (Å²) in [7, 11) is 4.17. The number of urea groups is 1. The van der Waals surface area contributed by atoms with E-state index in [4.69, 9.17) is 10.5 Å². The number of likely N-dealkylation sites (N-methyl/N-ethyl adjacent to an activating group) is 1. The van der Waals surface area contributed by atoms with Crippen molar-refractivity contribution in [3.8, 4) is 0 Å². The lowest BCUT2D eigenvalue weighted by Gasteiger charge is -2.45. The third kappa shape index (κ3) is 4.35. The molecule has 3 unspecified atom stereocenters. The van der Waals surface area contributed by atoms with Gasteiger partial charge in [0.1, 0.15) is 0 Å². The van der Waals surface area contributed by atoms with Crippen LogP contribution in [0.2, 0.25) is 0 Å². The summed E-state index contributed by atoms with van der Waals surface area (Å²) in [5.41, 5.74) is 5.28. The van der Waals surface area contributed by atoms with Crippen LogP contribution in [0.15, 0.2) is 0 Å². The van der Waals surface area contributed by atoms with Gasteiger partial charge in [-0.05, 0) is 32.9 Å². The third-order valence-electron chi connectivity index (χ3n) is 5.26. The normalized spacial score (nSPS) is 31.9. The van der Waals surface area contributed by atoms with Crippen molar-refractivity contribution >= 4 is 11.9 Å². The van der Waals surface area contributed by atoms with Crippen LogP contribution in [0, 0.1) is 5.92 Å². The molecule has 3 N–H and O–H groups in total. The molecule has 1 saturated carbocycles. The second-order valence-corrected chi connectivity index (χ2v) is 7.19. The molecule has 132 valence electrons. The number of carbonyl (C=O) groups is 2. The largest absolute Gasteiger partial charge is 0.367 e. The van der Waals surface area contributed by atoms with E-state index >= 15 is 0 Å². The van der Waals surface area contributed by atoms with Gasteiger partial charge in [0.2, 0.25) is 5.91 Å². The Morgan fingerprint density at radius 3 is 2.78 bits per heavy atom. The van der Waals surface area contributed by atoms with Gasteiger partial charge in [-0.25, -0.2) is 4.79 Å². The molecule has 0 aromatic rings. The fourth-order valence-corrected chi connectivity index (χ4v) is 3.72. The van der Waals surface area contributed by atoms with E-state index < -0.39 is 12.0 Å². The maximum absolute atomic E-state index is 12.4. The van der Waals surface area contributed by atoms with E-state index in [-0.39, 0.29) is 18.1 Å². The molecule has 1 saturated heterocycles. The Bertz CT molecular complexity index is 443. The summed E-state index contributed by atoms with van der Waals surface area (Å²) < 4.78 is 5.28. The third-order valence-corrected chi connectivity index (χ3v) is 5.26. The first-order valence-corrected chi connectivity index (χ1v) is 8.45. The van der Waals surface area contributed by atoms with Crippen LogP contribution in [-0.2, 0) is 9.53 Å². The second kappa shape index (κ2) is 7.49. The van der Waals surface area contributed by atoms with Crippen LogP contribution in [0.25, 0.3) is 0 Å². The van der Waals surface area contributed by atoms with Crippen molar-refractivity contribution in [1.29, 1.82) is 0 Å². The van der Waals surface area contributed by atoms with E-state index in [0.29, 0.717) is 25.6 Å². The highest BCUT2D eigenvalue weighted by molar-refractivity contribution is 5.81. The molecule has 1 aliphatic carbocycles. The Morgan fingerprint density at radius 2 is 2.17 bits per heavy atom. The SMILES string of the molecule is CC1CCCC(CNC(=O)N2CCOC(C(N)=O)C2)(N(C)C)C1. The first kappa shape index (κ1) is 18.0. The summed E-state index contributed by atoms with van der Waals surface area (Å²) >= 11 is 0. The second-order valence-electron chi connectivity index (χ2n) is 7.19. The molecular weight excluding hydrogens is 296 g/mol. The molecule has 7 heteroatoms. The monoisotopic (exact) mass is 326 g/mol. The topological polar surface area (TPSA) is 87.9 Å². The van der Waals surface area contributed by atoms with Crippen molar-refractivity contribution in [2.45, 2.75) is 44.2 Å². The summed E-state index contributed by atoms with van der Waals surface area (Å²) in [5, 5.41) is 3.06. The lowest BCUT2D eigenvalue weighted by Crippen LogP contribution is -2.58. The maximum Gasteiger partial charge on any atom is 0.317 e. The van der Waals surface area contributed by atoms with Crippen LogP contribution in [0.4, 0.5) is 4.79 Å². The van der Waals surface area contributed by atoms with Crippen LogP contribution in [0.5, 0.6) is 0 Å². The number of amides is 3. The standard InChI is InChI=1S/C16H30N4O3/c1-12-5-4-6-16(9-12,19(2)3)11-18-15(22)20-7-8-23-13(10-20)14(17)21/h12-13H,4-11H2,1-3H3,(H2,17,21)(H,18,22). The van der Waals surface area contributed by atoms with Gasteiger partial charge in [0.15, 0.2) is 6.10 Å². The van der Waals surface area contributed by atoms with Gasteiger partial charge < -0.3 is 25.6 Å². The summed E-state index contributed by atoms with van der Waals surface area (Å²) in [6.07, 6.45) is 3.93. The zero-order chi connectivity index (χ0) is 17.0. The van der Waals surface area contributed by atoms with Gasteiger partial charge in [-0.1, -0.05) is 19.8 Å². The predicted molar refractivity (Wildman–Crippen MR) is 88.0 cm³/mol. The Balaban J connectivity index is 1.92. The molecule has 23 heavy (non-hydrogen) atoms. The summed E-state index contributed by atoms with van der Waals surface area (Å²) in [6, 6.07) is -0.140. The molecule has 2 fully saturated rings. The van der Waals surface area contributed by atoms with E-state index in [2.05, 4.69) is 31.2 Å². The molecule has 0 radical (unpaired) electrons. The summed E-state index contributed by atoms with van der Waals surface area (Å²) in [4.78, 5) is 27.5. The molecule has 1 aliphatic heterocycles. The number of nitrogens with two attached hydrogens (primary N) is 1. The van der Waals surface area contributed by atoms with E-state index in [1.807, 2.05) is 0 Å². The van der Waals surface area contributed by atoms with Crippen LogP contribution in [0.3, 0.4) is 0 Å². The van der Waals surface area contributed by atoms with Crippen molar-refractivity contribution in [3.63, 3.8) is 0 Å². The Hall–Kier alpha value is -1.34. The van der Waals surface area contributed by atoms with Gasteiger partial charge in [0.05, 0.1) is 13.2 Å². The molecule has 0 bridgehead atoms. The van der Waals surface area contributed by atoms with Crippen molar-refractivity contribution in [2.75, 3.05) is 40.3 Å². The zero-order valence-corrected chi connectivity index (χ0v) is 14.5. The van der Waals surface area contributed by atoms with Gasteiger partial charge in [-0.2, -0.15) is 0 Å². The number of hydrogen-bond donors (Lipinski definition) is 2. The highest BCUT2D eigenvalue weighted by atomic mass is 16.5. The first-order valence-electron chi connectivity index (χ1n) is 8.45. The van der Waals surface area contributed by atoms with Crippen LogP contribution < -0.4 is 11.1 Å². The smallest absolute Gasteiger partial charge is 0.317 e. The molecule has 2 aliphatic rings. The lowest BCUT2D eigenvalue weighted by molar-refractivity contribution is -0.133. The fourth-order valence-electron chi connectivity index (χ4n) is 3.72. The average molecular weight is 326 g/mol. The van der Waals surface area contributed by atoms with E-state index in [1.54, 1.807) is 4.90 Å². The van der Waals surface area contributed by atoms with Crippen molar-refractivity contribution < 1.29 is 14.3 Å². The quantitative estimate of drug-likeness (QED) is 0.782. The molecule has 3 amide bonds. The first-order chi connectivity index (χ1) is 10.8. The van der Waals surface area contributed by atoms with E-state index in [1.165, 1.54) is 12.8 Å². The maximum atomic E-state index is 12.4. The number of nitrogens with one attached hydrogen (secondary N) is 1. The zero-order valence-electron chi connectivity index (χ0n) is 14.5. The molecule has 1 heterocycles. The minimum absolute atomic E-state index is 0.0166. The number of primary amides is 1. The number of nitrogens with zero attached hydrogens (tertiary/aromatic N) is 2. The Kier molecular flexibility index (Phi) is 5.86. The lowest BCUT2D eigenvalue weighted by atomic mass is 9.75. The van der Waals surface area contributed by atoms with E-state index in [9.17, 15) is 9.59 Å². The van der Waals surface area contributed by atoms with Crippen molar-refractivity contribution in [3.05, 3.63) is 0 Å². The minimum Gasteiger partial charge on any atom is -0.367 e. The van der Waals surface area contributed by atoms with Gasteiger partial charge >= 0.3 is 6.03 Å². The van der Waals surface area contributed by atoms with Gasteiger partial charge in [-0.3, -0.25) is 4.79 Å². The number of ether oxygens (including phenoxy) is 1. The highest BCUT2D eigenvalue weighted by Crippen LogP contribution is 2.35. The Morgan fingerprint density at radius 1 is 1.43 bits per heavy atom. The molecule has 0 spiro atoms. The Labute approximate surface area is 138 Å². The average Bonchev–Trinajstić information content (AvgIpc) is 2.52. The van der Waals surface area contributed by atoms with Crippen molar-refractivity contribution in [2.24, 2.45) is 11.7 Å². The fraction of sp³-hybridized carbons (Fsp3) is 0.875. The van der Waals surface area contributed by atoms with Crippen LogP contribution in [0.1, 0.15) is 32.6 Å². The summed E-state index contributed by atoms with van der Waals surface area (Å²) in [6.45, 7) is 3.96. The van der Waals surface area contributed by atoms with Crippen LogP contribution >= 0.6 is 0 Å². The predicted octanol–water partition coefficient (Wildman–Crippen LogP) is 0.393. The summed E-state index contributed by atoms with van der Waals surface area (Å²) in [5.74, 6) is 0.152. The highest BCUT2D eigenvalue weighted by Gasteiger charge is 2.38. The van der Waals surface area contributed by atoms with E-state index in [0.717, 1.165) is 12.8 Å². The molecule has 0 aromatic carbocycles. The van der Waals surface area contributed by atoms with Crippen LogP contribution in [-0.4, -0.2) is 73.7 Å². The number of rotatable bonds is 4. The number of carbonyl (C=O) groups excluding carboxylic acids is 2. The molecule has 0 aromatic heterocycles. The molecular formula is C16H30N4O3.